The Kier molecular flexibility index (Phi) is 9.41. The first-order chi connectivity index (χ1) is 17.4. The van der Waals surface area contributed by atoms with Crippen LogP contribution in [0.1, 0.15) is 32.6 Å². The van der Waals surface area contributed by atoms with Gasteiger partial charge in [-0.25, -0.2) is 4.57 Å². The van der Waals surface area contributed by atoms with E-state index in [0.717, 1.165) is 0 Å². The van der Waals surface area contributed by atoms with Gasteiger partial charge < -0.3 is 19.1 Å². The molecule has 2 unspecified atom stereocenters. The van der Waals surface area contributed by atoms with Crippen molar-refractivity contribution in [3.05, 3.63) is 57.2 Å². The van der Waals surface area contributed by atoms with Gasteiger partial charge in [-0.15, -0.1) is 0 Å². The van der Waals surface area contributed by atoms with Gasteiger partial charge in [0, 0.05) is 11.8 Å². The third-order valence-corrected chi connectivity index (χ3v) is 7.33. The molecule has 3 rings (SSSR count). The molecular formula is C23H29N4O8PS. The second kappa shape index (κ2) is 12.1. The average molecular weight is 553 g/mol. The number of hydrogen-bond acceptors (Lipinski definition) is 10. The molecule has 2 aromatic rings. The summed E-state index contributed by atoms with van der Waals surface area (Å²) in [5.41, 5.74) is -0.0568. The van der Waals surface area contributed by atoms with Crippen molar-refractivity contribution >= 4 is 25.9 Å². The summed E-state index contributed by atoms with van der Waals surface area (Å²) >= 11 is 5.20. The van der Waals surface area contributed by atoms with E-state index in [0.29, 0.717) is 5.56 Å². The van der Waals surface area contributed by atoms with Gasteiger partial charge >= 0.3 is 13.7 Å². The first kappa shape index (κ1) is 28.7. The Morgan fingerprint density at radius 3 is 2.65 bits per heavy atom. The summed E-state index contributed by atoms with van der Waals surface area (Å²) in [5.74, 6) is -1.54. The molecule has 6 atom stereocenters. The molecule has 0 bridgehead atoms. The lowest BCUT2D eigenvalue weighted by Gasteiger charge is -2.25. The number of aromatic amines is 1. The van der Waals surface area contributed by atoms with E-state index >= 15 is 0 Å². The molecule has 1 aliphatic rings. The Hall–Kier alpha value is -2.85. The Morgan fingerprint density at radius 1 is 1.35 bits per heavy atom. The largest absolute Gasteiger partial charge is 0.462 e. The summed E-state index contributed by atoms with van der Waals surface area (Å²) in [6, 6.07) is 9.10. The molecule has 1 aromatic carbocycles. The highest BCUT2D eigenvalue weighted by Crippen LogP contribution is 2.46. The third-order valence-electron chi connectivity index (χ3n) is 5.37. The normalized spacial score (nSPS) is 23.7. The van der Waals surface area contributed by atoms with Crippen molar-refractivity contribution in [3.8, 4) is 11.8 Å². The number of H-pyrrole nitrogens is 1. The maximum absolute atomic E-state index is 13.7. The fourth-order valence-electron chi connectivity index (χ4n) is 3.54. The van der Waals surface area contributed by atoms with E-state index in [4.69, 9.17) is 30.7 Å². The molecule has 1 aromatic heterocycles. The van der Waals surface area contributed by atoms with Gasteiger partial charge in [-0.1, -0.05) is 18.2 Å². The van der Waals surface area contributed by atoms with E-state index < -0.39 is 56.8 Å². The number of ether oxygens (including phenoxy) is 2. The number of para-hydroxylation sites is 1. The van der Waals surface area contributed by atoms with Crippen LogP contribution in [0.25, 0.3) is 0 Å². The van der Waals surface area contributed by atoms with Crippen LogP contribution in [0.2, 0.25) is 0 Å². The smallest absolute Gasteiger partial charge is 0.459 e. The first-order valence-electron chi connectivity index (χ1n) is 11.5. The number of carbonyl (C=O) groups is 1. The summed E-state index contributed by atoms with van der Waals surface area (Å²) in [4.78, 5) is 26.6. The molecule has 0 aliphatic carbocycles. The molecule has 0 saturated carbocycles. The van der Waals surface area contributed by atoms with Crippen LogP contribution in [0.15, 0.2) is 41.3 Å². The standard InChI is InChI=1S/C23H29N4O8PS/c1-13(2)33-22(30)15(4)26-36(31,35-16-8-6-5-7-9-16)32-12-18-19(28)17(10-24)21(34-18)27-11-14(3)20(29)25-23(27)37/h5-9,11,13,15,17-19,21,28H,12H2,1-4H3,(H,26,31)(H,25,29,37)/t15-,17?,18-,19-,21-,36?/m0/s1. The minimum atomic E-state index is -4.22. The Morgan fingerprint density at radius 2 is 2.03 bits per heavy atom. The van der Waals surface area contributed by atoms with Crippen LogP contribution < -0.4 is 15.2 Å². The van der Waals surface area contributed by atoms with Crippen molar-refractivity contribution in [1.29, 1.82) is 5.26 Å². The number of nitrogens with one attached hydrogen (secondary N) is 2. The molecule has 0 amide bonds. The summed E-state index contributed by atoms with van der Waals surface area (Å²) in [6.45, 7) is 5.90. The number of aromatic nitrogens is 2. The van der Waals surface area contributed by atoms with Gasteiger partial charge in [0.25, 0.3) is 5.56 Å². The maximum atomic E-state index is 13.7. The van der Waals surface area contributed by atoms with Gasteiger partial charge in [0.2, 0.25) is 0 Å². The van der Waals surface area contributed by atoms with Gasteiger partial charge in [0.05, 0.1) is 18.8 Å². The van der Waals surface area contributed by atoms with E-state index in [-0.39, 0.29) is 16.1 Å². The van der Waals surface area contributed by atoms with Crippen LogP contribution >= 0.6 is 20.0 Å². The number of aliphatic hydroxyl groups excluding tert-OH is 1. The first-order valence-corrected chi connectivity index (χ1v) is 13.4. The van der Waals surface area contributed by atoms with Gasteiger partial charge in [-0.3, -0.25) is 23.7 Å². The average Bonchev–Trinajstić information content (AvgIpc) is 3.15. The van der Waals surface area contributed by atoms with Crippen molar-refractivity contribution < 1.29 is 33.0 Å². The number of rotatable bonds is 10. The number of benzene rings is 1. The fraction of sp³-hybridized carbons (Fsp3) is 0.478. The summed E-state index contributed by atoms with van der Waals surface area (Å²) in [5, 5.41) is 23.0. The number of nitrogens with zero attached hydrogens (tertiary/aromatic N) is 2. The van der Waals surface area contributed by atoms with Crippen LogP contribution in [0.4, 0.5) is 0 Å². The van der Waals surface area contributed by atoms with Crippen molar-refractivity contribution in [2.45, 2.75) is 58.3 Å². The molecular weight excluding hydrogens is 523 g/mol. The van der Waals surface area contributed by atoms with E-state index in [2.05, 4.69) is 10.1 Å². The van der Waals surface area contributed by atoms with Crippen molar-refractivity contribution in [1.82, 2.24) is 14.6 Å². The Labute approximate surface area is 218 Å². The van der Waals surface area contributed by atoms with Crippen LogP contribution in [0.3, 0.4) is 0 Å². The molecule has 1 fully saturated rings. The number of hydrogen-bond donors (Lipinski definition) is 3. The summed E-state index contributed by atoms with van der Waals surface area (Å²) in [7, 11) is -4.22. The maximum Gasteiger partial charge on any atom is 0.459 e. The van der Waals surface area contributed by atoms with Crippen LogP contribution in [0, 0.1) is 28.9 Å². The SMILES string of the molecule is Cc1cn([C@H]2O[C@@H](COP(=O)(N[C@@H](C)C(=O)OC(C)C)Oc3ccccc3)[C@@H](O)C2C#N)c(=S)[nH]c1=O. The van der Waals surface area contributed by atoms with Crippen LogP contribution in [0.5, 0.6) is 5.75 Å². The third kappa shape index (κ3) is 7.13. The predicted molar refractivity (Wildman–Crippen MR) is 134 cm³/mol. The number of aryl methyl sites for hydroxylation is 1. The zero-order valence-corrected chi connectivity index (χ0v) is 22.4. The van der Waals surface area contributed by atoms with E-state index in [1.165, 1.54) is 17.7 Å². The monoisotopic (exact) mass is 552 g/mol. The van der Waals surface area contributed by atoms with Crippen molar-refractivity contribution in [2.75, 3.05) is 6.61 Å². The van der Waals surface area contributed by atoms with Gasteiger partial charge in [0.15, 0.2) is 11.0 Å². The second-order valence-corrected chi connectivity index (χ2v) is 10.8. The molecule has 14 heteroatoms. The van der Waals surface area contributed by atoms with E-state index in [1.54, 1.807) is 51.1 Å². The van der Waals surface area contributed by atoms with Gasteiger partial charge in [0.1, 0.15) is 29.9 Å². The number of nitriles is 1. The Balaban J connectivity index is 1.81. The number of esters is 1. The quantitative estimate of drug-likeness (QED) is 0.225. The zero-order chi connectivity index (χ0) is 27.3. The highest BCUT2D eigenvalue weighted by molar-refractivity contribution is 7.71. The highest BCUT2D eigenvalue weighted by atomic mass is 32.1. The number of aliphatic hydroxyl groups is 1. The zero-order valence-electron chi connectivity index (χ0n) is 20.7. The van der Waals surface area contributed by atoms with Gasteiger partial charge in [-0.05, 0) is 52.0 Å². The van der Waals surface area contributed by atoms with Crippen LogP contribution in [-0.4, -0.2) is 51.6 Å². The topological polar surface area (TPSA) is 165 Å². The number of carbonyl (C=O) groups excluding carboxylic acids is 1. The minimum Gasteiger partial charge on any atom is -0.462 e. The molecule has 0 spiro atoms. The molecule has 37 heavy (non-hydrogen) atoms. The predicted octanol–water partition coefficient (Wildman–Crippen LogP) is 2.75. The molecule has 3 N–H and O–H groups in total. The Bertz CT molecular complexity index is 1310. The summed E-state index contributed by atoms with van der Waals surface area (Å²) in [6.07, 6.45) is -2.47. The van der Waals surface area contributed by atoms with Crippen LogP contribution in [-0.2, 0) is 23.4 Å². The van der Waals surface area contributed by atoms with Crippen molar-refractivity contribution in [2.24, 2.45) is 5.92 Å². The molecule has 2 heterocycles. The van der Waals surface area contributed by atoms with Crippen molar-refractivity contribution in [3.63, 3.8) is 0 Å². The van der Waals surface area contributed by atoms with Gasteiger partial charge in [-0.2, -0.15) is 10.3 Å². The second-order valence-electron chi connectivity index (χ2n) is 8.72. The minimum absolute atomic E-state index is 0.00635. The molecule has 200 valence electrons. The lowest BCUT2D eigenvalue weighted by atomic mass is 10.0. The fourth-order valence-corrected chi connectivity index (χ4v) is 5.29. The molecule has 12 nitrogen and oxygen atoms in total. The lowest BCUT2D eigenvalue weighted by molar-refractivity contribution is -0.149. The highest BCUT2D eigenvalue weighted by Gasteiger charge is 2.46. The van der Waals surface area contributed by atoms with E-state index in [1.807, 2.05) is 6.07 Å². The molecule has 1 aliphatic heterocycles. The molecule has 1 saturated heterocycles. The summed E-state index contributed by atoms with van der Waals surface area (Å²) < 4.78 is 37.2. The van der Waals surface area contributed by atoms with E-state index in [9.17, 15) is 24.5 Å². The lowest BCUT2D eigenvalue weighted by Crippen LogP contribution is -2.37. The molecule has 0 radical (unpaired) electrons.